The number of rotatable bonds is 6. The Morgan fingerprint density at radius 3 is 2.77 bits per heavy atom. The van der Waals surface area contributed by atoms with Crippen molar-refractivity contribution in [3.63, 3.8) is 0 Å². The third-order valence-electron chi connectivity index (χ3n) is 3.93. The Balaban J connectivity index is 1.69. The monoisotopic (exact) mass is 451 g/mol. The Morgan fingerprint density at radius 1 is 1.23 bits per heavy atom. The Hall–Kier alpha value is -1.50. The molecular formula is C19H19BrClN3OS. The first-order valence-electron chi connectivity index (χ1n) is 8.13. The standard InChI is InChI=1S/C19H19BrClN3OS/c1-12-9-16(21)7-8-17(12)25-13(2)18-22-23-19(24(18)3)26-11-14-5-4-6-15(20)10-14/h4-10,13H,11H2,1-3H3/t13-/m1/s1. The van der Waals surface area contributed by atoms with Gasteiger partial charge in [0.15, 0.2) is 17.1 Å². The molecule has 0 aliphatic carbocycles. The summed E-state index contributed by atoms with van der Waals surface area (Å²) in [4.78, 5) is 0. The van der Waals surface area contributed by atoms with E-state index in [0.29, 0.717) is 5.02 Å². The predicted octanol–water partition coefficient (Wildman–Crippen LogP) is 5.97. The number of hydrogen-bond donors (Lipinski definition) is 0. The molecule has 136 valence electrons. The van der Waals surface area contributed by atoms with Crippen molar-refractivity contribution in [3.8, 4) is 5.75 Å². The second-order valence-electron chi connectivity index (χ2n) is 5.99. The van der Waals surface area contributed by atoms with Crippen LogP contribution in [0.15, 0.2) is 52.1 Å². The van der Waals surface area contributed by atoms with Crippen molar-refractivity contribution in [3.05, 3.63) is 68.9 Å². The summed E-state index contributed by atoms with van der Waals surface area (Å²) in [7, 11) is 1.97. The molecule has 1 heterocycles. The van der Waals surface area contributed by atoms with E-state index in [2.05, 4.69) is 38.3 Å². The first-order valence-corrected chi connectivity index (χ1v) is 10.3. The van der Waals surface area contributed by atoms with Crippen LogP contribution in [0, 0.1) is 6.92 Å². The molecule has 3 aromatic rings. The smallest absolute Gasteiger partial charge is 0.191 e. The van der Waals surface area contributed by atoms with Gasteiger partial charge in [-0.25, -0.2) is 0 Å². The lowest BCUT2D eigenvalue weighted by molar-refractivity contribution is 0.210. The normalized spacial score (nSPS) is 12.2. The third-order valence-corrected chi connectivity index (χ3v) is 5.75. The maximum absolute atomic E-state index is 6.06. The van der Waals surface area contributed by atoms with Crippen LogP contribution in [0.25, 0.3) is 0 Å². The maximum Gasteiger partial charge on any atom is 0.191 e. The molecule has 0 bridgehead atoms. The lowest BCUT2D eigenvalue weighted by Gasteiger charge is -2.16. The van der Waals surface area contributed by atoms with Gasteiger partial charge >= 0.3 is 0 Å². The number of aryl methyl sites for hydroxylation is 1. The Bertz CT molecular complexity index is 916. The number of thioether (sulfide) groups is 1. The number of halogens is 2. The van der Waals surface area contributed by atoms with Gasteiger partial charge in [-0.3, -0.25) is 0 Å². The minimum Gasteiger partial charge on any atom is -0.482 e. The van der Waals surface area contributed by atoms with E-state index in [4.69, 9.17) is 16.3 Å². The largest absolute Gasteiger partial charge is 0.482 e. The fourth-order valence-corrected chi connectivity index (χ4v) is 4.10. The Kier molecular flexibility index (Phi) is 6.27. The molecule has 26 heavy (non-hydrogen) atoms. The molecule has 0 saturated heterocycles. The molecule has 0 radical (unpaired) electrons. The van der Waals surface area contributed by atoms with E-state index in [0.717, 1.165) is 32.5 Å². The van der Waals surface area contributed by atoms with E-state index in [-0.39, 0.29) is 6.10 Å². The van der Waals surface area contributed by atoms with E-state index < -0.39 is 0 Å². The number of ether oxygens (including phenoxy) is 1. The van der Waals surface area contributed by atoms with Gasteiger partial charge in [-0.2, -0.15) is 0 Å². The molecule has 0 amide bonds. The molecule has 7 heteroatoms. The van der Waals surface area contributed by atoms with Crippen LogP contribution in [-0.2, 0) is 12.8 Å². The summed E-state index contributed by atoms with van der Waals surface area (Å²) in [5.41, 5.74) is 2.23. The van der Waals surface area contributed by atoms with Gasteiger partial charge in [0.05, 0.1) is 0 Å². The zero-order valence-electron chi connectivity index (χ0n) is 14.7. The van der Waals surface area contributed by atoms with Gasteiger partial charge in [-0.1, -0.05) is 51.4 Å². The molecule has 0 aliphatic rings. The van der Waals surface area contributed by atoms with E-state index in [1.54, 1.807) is 11.8 Å². The number of hydrogen-bond acceptors (Lipinski definition) is 4. The van der Waals surface area contributed by atoms with Crippen molar-refractivity contribution in [1.82, 2.24) is 14.8 Å². The molecular weight excluding hydrogens is 434 g/mol. The van der Waals surface area contributed by atoms with Gasteiger partial charge in [0.25, 0.3) is 0 Å². The van der Waals surface area contributed by atoms with Crippen molar-refractivity contribution in [2.45, 2.75) is 30.9 Å². The van der Waals surface area contributed by atoms with Crippen molar-refractivity contribution < 1.29 is 4.74 Å². The van der Waals surface area contributed by atoms with Gasteiger partial charge in [0, 0.05) is 22.3 Å². The van der Waals surface area contributed by atoms with Crippen LogP contribution >= 0.6 is 39.3 Å². The minimum atomic E-state index is -0.215. The highest BCUT2D eigenvalue weighted by molar-refractivity contribution is 9.10. The lowest BCUT2D eigenvalue weighted by Crippen LogP contribution is -2.10. The fourth-order valence-electron chi connectivity index (χ4n) is 2.57. The predicted molar refractivity (Wildman–Crippen MR) is 110 cm³/mol. The average Bonchev–Trinajstić information content (AvgIpc) is 2.96. The first kappa shape index (κ1) is 19.3. The summed E-state index contributed by atoms with van der Waals surface area (Å²) in [5.74, 6) is 2.42. The molecule has 0 spiro atoms. The van der Waals surface area contributed by atoms with Crippen molar-refractivity contribution >= 4 is 39.3 Å². The molecule has 0 N–H and O–H groups in total. The van der Waals surface area contributed by atoms with Gasteiger partial charge in [0.2, 0.25) is 0 Å². The Labute approximate surface area is 171 Å². The van der Waals surface area contributed by atoms with Crippen LogP contribution in [0.3, 0.4) is 0 Å². The van der Waals surface area contributed by atoms with Crippen molar-refractivity contribution in [1.29, 1.82) is 0 Å². The summed E-state index contributed by atoms with van der Waals surface area (Å²) >= 11 is 11.2. The van der Waals surface area contributed by atoms with Gasteiger partial charge in [-0.15, -0.1) is 10.2 Å². The SMILES string of the molecule is Cc1cc(Cl)ccc1O[C@H](C)c1nnc(SCc2cccc(Br)c2)n1C. The van der Waals surface area contributed by atoms with Crippen LogP contribution in [0.5, 0.6) is 5.75 Å². The third kappa shape index (κ3) is 4.61. The lowest BCUT2D eigenvalue weighted by atomic mass is 10.2. The van der Waals surface area contributed by atoms with Crippen molar-refractivity contribution in [2.24, 2.45) is 7.05 Å². The van der Waals surface area contributed by atoms with Gasteiger partial charge < -0.3 is 9.30 Å². The van der Waals surface area contributed by atoms with Gasteiger partial charge in [-0.05, 0) is 55.3 Å². The van der Waals surface area contributed by atoms with E-state index in [1.807, 2.05) is 55.8 Å². The zero-order valence-corrected chi connectivity index (χ0v) is 17.9. The molecule has 0 aliphatic heterocycles. The summed E-state index contributed by atoms with van der Waals surface area (Å²) in [6.45, 7) is 3.95. The molecule has 0 fully saturated rings. The summed E-state index contributed by atoms with van der Waals surface area (Å²) < 4.78 is 9.12. The zero-order chi connectivity index (χ0) is 18.7. The second kappa shape index (κ2) is 8.46. The highest BCUT2D eigenvalue weighted by Gasteiger charge is 2.18. The second-order valence-corrected chi connectivity index (χ2v) is 8.28. The molecule has 1 aromatic heterocycles. The number of nitrogens with zero attached hydrogens (tertiary/aromatic N) is 3. The van der Waals surface area contributed by atoms with E-state index >= 15 is 0 Å². The molecule has 0 unspecified atom stereocenters. The summed E-state index contributed by atoms with van der Waals surface area (Å²) in [5, 5.41) is 10.2. The van der Waals surface area contributed by atoms with Gasteiger partial charge in [0.1, 0.15) is 5.75 Å². The molecule has 0 saturated carbocycles. The van der Waals surface area contributed by atoms with Crippen molar-refractivity contribution in [2.75, 3.05) is 0 Å². The topological polar surface area (TPSA) is 39.9 Å². The molecule has 4 nitrogen and oxygen atoms in total. The van der Waals surface area contributed by atoms with E-state index in [9.17, 15) is 0 Å². The number of benzene rings is 2. The molecule has 1 atom stereocenters. The average molecular weight is 453 g/mol. The maximum atomic E-state index is 6.06. The van der Waals surface area contributed by atoms with Crippen LogP contribution in [0.4, 0.5) is 0 Å². The summed E-state index contributed by atoms with van der Waals surface area (Å²) in [6, 6.07) is 13.9. The first-order chi connectivity index (χ1) is 12.4. The van der Waals surface area contributed by atoms with E-state index in [1.165, 1.54) is 5.56 Å². The highest BCUT2D eigenvalue weighted by Crippen LogP contribution is 2.28. The van der Waals surface area contributed by atoms with Crippen LogP contribution in [0.1, 0.15) is 30.0 Å². The quantitative estimate of drug-likeness (QED) is 0.432. The molecule has 3 rings (SSSR count). The number of aromatic nitrogens is 3. The fraction of sp³-hybridized carbons (Fsp3) is 0.263. The van der Waals surface area contributed by atoms with Crippen LogP contribution in [0.2, 0.25) is 5.02 Å². The molecule has 2 aromatic carbocycles. The Morgan fingerprint density at radius 2 is 2.04 bits per heavy atom. The summed E-state index contributed by atoms with van der Waals surface area (Å²) in [6.07, 6.45) is -0.215. The van der Waals surface area contributed by atoms with Crippen LogP contribution in [-0.4, -0.2) is 14.8 Å². The van der Waals surface area contributed by atoms with Crippen LogP contribution < -0.4 is 4.74 Å². The highest BCUT2D eigenvalue weighted by atomic mass is 79.9. The minimum absolute atomic E-state index is 0.215.